The molecule has 1 heterocycles. The number of aliphatic carboxylic acids is 1. The molecule has 0 atom stereocenters. The molecule has 0 aliphatic rings. The van der Waals surface area contributed by atoms with Gasteiger partial charge in [-0.15, -0.1) is 0 Å². The molecule has 0 amide bonds. The van der Waals surface area contributed by atoms with Crippen LogP contribution in [-0.4, -0.2) is 21.2 Å². The Balaban J connectivity index is 2.14. The standard InChI is InChI=1S/C13H11F3N2O3/c14-13(15,16)9-4-2-1-3-8(9)7-11-17-10(18-21-11)5-6-12(19)20/h1-4H,5-7H2,(H,19,20). The Kier molecular flexibility index (Phi) is 4.25. The number of nitrogens with zero attached hydrogens (tertiary/aromatic N) is 2. The molecule has 1 aromatic carbocycles. The first-order valence-electron chi connectivity index (χ1n) is 6.04. The molecular weight excluding hydrogens is 289 g/mol. The molecule has 112 valence electrons. The molecule has 2 aromatic rings. The number of aryl methyl sites for hydroxylation is 1. The van der Waals surface area contributed by atoms with Crippen LogP contribution in [0.1, 0.15) is 29.3 Å². The predicted molar refractivity (Wildman–Crippen MR) is 64.5 cm³/mol. The van der Waals surface area contributed by atoms with Gasteiger partial charge in [-0.05, 0) is 11.6 Å². The molecule has 1 N–H and O–H groups in total. The fraction of sp³-hybridized carbons (Fsp3) is 0.308. The van der Waals surface area contributed by atoms with Gasteiger partial charge >= 0.3 is 12.1 Å². The van der Waals surface area contributed by atoms with Crippen molar-refractivity contribution in [3.8, 4) is 0 Å². The lowest BCUT2D eigenvalue weighted by molar-refractivity contribution is -0.138. The lowest BCUT2D eigenvalue weighted by atomic mass is 10.0. The zero-order valence-corrected chi connectivity index (χ0v) is 10.7. The maximum absolute atomic E-state index is 12.8. The summed E-state index contributed by atoms with van der Waals surface area (Å²) in [4.78, 5) is 14.3. The van der Waals surface area contributed by atoms with Crippen LogP contribution in [0.4, 0.5) is 13.2 Å². The van der Waals surface area contributed by atoms with Gasteiger partial charge in [0.1, 0.15) is 0 Å². The normalized spacial score (nSPS) is 11.6. The first-order valence-corrected chi connectivity index (χ1v) is 6.04. The SMILES string of the molecule is O=C(O)CCc1noc(Cc2ccccc2C(F)(F)F)n1. The van der Waals surface area contributed by atoms with E-state index in [0.29, 0.717) is 0 Å². The second-order valence-corrected chi connectivity index (χ2v) is 4.33. The molecule has 0 unspecified atom stereocenters. The maximum Gasteiger partial charge on any atom is 0.416 e. The Morgan fingerprint density at radius 3 is 2.67 bits per heavy atom. The highest BCUT2D eigenvalue weighted by Crippen LogP contribution is 2.32. The Morgan fingerprint density at radius 2 is 2.00 bits per heavy atom. The Bertz CT molecular complexity index is 638. The van der Waals surface area contributed by atoms with E-state index in [4.69, 9.17) is 9.63 Å². The van der Waals surface area contributed by atoms with Gasteiger partial charge in [-0.2, -0.15) is 18.2 Å². The minimum absolute atomic E-state index is 0.0205. The average Bonchev–Trinajstić information content (AvgIpc) is 2.83. The minimum atomic E-state index is -4.46. The summed E-state index contributed by atoms with van der Waals surface area (Å²) in [6.45, 7) is 0. The van der Waals surface area contributed by atoms with E-state index in [1.165, 1.54) is 18.2 Å². The summed E-state index contributed by atoms with van der Waals surface area (Å²) in [7, 11) is 0. The van der Waals surface area contributed by atoms with Crippen LogP contribution in [-0.2, 0) is 23.8 Å². The molecule has 8 heteroatoms. The molecule has 1 aromatic heterocycles. The lowest BCUT2D eigenvalue weighted by Gasteiger charge is -2.10. The van der Waals surface area contributed by atoms with E-state index in [1.807, 2.05) is 0 Å². The molecule has 0 saturated heterocycles. The van der Waals surface area contributed by atoms with Gasteiger partial charge in [0, 0.05) is 6.42 Å². The van der Waals surface area contributed by atoms with E-state index in [-0.39, 0.29) is 36.5 Å². The monoisotopic (exact) mass is 300 g/mol. The molecule has 0 fully saturated rings. The van der Waals surface area contributed by atoms with Crippen LogP contribution in [0.2, 0.25) is 0 Å². The summed E-state index contributed by atoms with van der Waals surface area (Å²) in [5.74, 6) is -0.826. The smallest absolute Gasteiger partial charge is 0.416 e. The van der Waals surface area contributed by atoms with Gasteiger partial charge in [0.05, 0.1) is 18.4 Å². The van der Waals surface area contributed by atoms with E-state index in [1.54, 1.807) is 0 Å². The molecule has 0 radical (unpaired) electrons. The average molecular weight is 300 g/mol. The van der Waals surface area contributed by atoms with Gasteiger partial charge in [-0.3, -0.25) is 4.79 Å². The van der Waals surface area contributed by atoms with Gasteiger partial charge in [0.2, 0.25) is 5.89 Å². The van der Waals surface area contributed by atoms with E-state index in [9.17, 15) is 18.0 Å². The maximum atomic E-state index is 12.8. The highest BCUT2D eigenvalue weighted by Gasteiger charge is 2.33. The van der Waals surface area contributed by atoms with Crippen LogP contribution >= 0.6 is 0 Å². The van der Waals surface area contributed by atoms with Crippen LogP contribution in [0.25, 0.3) is 0 Å². The Labute approximate surface area is 117 Å². The molecular formula is C13H11F3N2O3. The molecule has 21 heavy (non-hydrogen) atoms. The number of rotatable bonds is 5. The van der Waals surface area contributed by atoms with Crippen molar-refractivity contribution in [1.29, 1.82) is 0 Å². The van der Waals surface area contributed by atoms with Gasteiger partial charge in [0.25, 0.3) is 0 Å². The Hall–Kier alpha value is -2.38. The van der Waals surface area contributed by atoms with Gasteiger partial charge < -0.3 is 9.63 Å². The molecule has 2 rings (SSSR count). The van der Waals surface area contributed by atoms with Crippen LogP contribution in [0.15, 0.2) is 28.8 Å². The summed E-state index contributed by atoms with van der Waals surface area (Å²) >= 11 is 0. The number of hydrogen-bond donors (Lipinski definition) is 1. The summed E-state index contributed by atoms with van der Waals surface area (Å²) in [5.41, 5.74) is -0.728. The van der Waals surface area contributed by atoms with E-state index in [2.05, 4.69) is 10.1 Å². The zero-order valence-electron chi connectivity index (χ0n) is 10.7. The van der Waals surface area contributed by atoms with Gasteiger partial charge in [-0.25, -0.2) is 0 Å². The minimum Gasteiger partial charge on any atom is -0.481 e. The van der Waals surface area contributed by atoms with Crippen molar-refractivity contribution in [2.24, 2.45) is 0 Å². The van der Waals surface area contributed by atoms with Crippen LogP contribution < -0.4 is 0 Å². The first kappa shape index (κ1) is 15.0. The van der Waals surface area contributed by atoms with Crippen molar-refractivity contribution in [2.75, 3.05) is 0 Å². The van der Waals surface area contributed by atoms with Crippen LogP contribution in [0, 0.1) is 0 Å². The third-order valence-electron chi connectivity index (χ3n) is 2.74. The van der Waals surface area contributed by atoms with Crippen molar-refractivity contribution in [2.45, 2.75) is 25.4 Å². The van der Waals surface area contributed by atoms with E-state index >= 15 is 0 Å². The Morgan fingerprint density at radius 1 is 1.29 bits per heavy atom. The fourth-order valence-corrected chi connectivity index (χ4v) is 1.80. The molecule has 0 spiro atoms. The second-order valence-electron chi connectivity index (χ2n) is 4.33. The molecule has 5 nitrogen and oxygen atoms in total. The van der Waals surface area contributed by atoms with Gasteiger partial charge in [-0.1, -0.05) is 23.4 Å². The second kappa shape index (κ2) is 5.94. The van der Waals surface area contributed by atoms with Crippen molar-refractivity contribution in [3.05, 3.63) is 47.1 Å². The predicted octanol–water partition coefficient (Wildman–Crippen LogP) is 2.70. The fourth-order valence-electron chi connectivity index (χ4n) is 1.80. The largest absolute Gasteiger partial charge is 0.481 e. The number of benzene rings is 1. The molecule has 0 aliphatic heterocycles. The number of hydrogen-bond acceptors (Lipinski definition) is 4. The van der Waals surface area contributed by atoms with Gasteiger partial charge in [0.15, 0.2) is 5.82 Å². The third kappa shape index (κ3) is 4.04. The van der Waals surface area contributed by atoms with E-state index < -0.39 is 17.7 Å². The van der Waals surface area contributed by atoms with Crippen LogP contribution in [0.5, 0.6) is 0 Å². The highest BCUT2D eigenvalue weighted by atomic mass is 19.4. The molecule has 0 bridgehead atoms. The summed E-state index contributed by atoms with van der Waals surface area (Å²) < 4.78 is 43.3. The first-order chi connectivity index (χ1) is 9.86. The zero-order chi connectivity index (χ0) is 15.5. The quantitative estimate of drug-likeness (QED) is 0.918. The van der Waals surface area contributed by atoms with Crippen molar-refractivity contribution in [3.63, 3.8) is 0 Å². The molecule has 0 saturated carbocycles. The highest BCUT2D eigenvalue weighted by molar-refractivity contribution is 5.66. The summed E-state index contributed by atoms with van der Waals surface area (Å²) in [6.07, 6.45) is -4.71. The van der Waals surface area contributed by atoms with Crippen LogP contribution in [0.3, 0.4) is 0 Å². The third-order valence-corrected chi connectivity index (χ3v) is 2.74. The summed E-state index contributed by atoms with van der Waals surface area (Å²) in [5, 5.41) is 12.1. The van der Waals surface area contributed by atoms with E-state index in [0.717, 1.165) is 6.07 Å². The number of aromatic nitrogens is 2. The number of alkyl halides is 3. The van der Waals surface area contributed by atoms with Crippen molar-refractivity contribution in [1.82, 2.24) is 10.1 Å². The number of halogens is 3. The summed E-state index contributed by atoms with van der Waals surface area (Å²) in [6, 6.07) is 5.12. The molecule has 0 aliphatic carbocycles. The van der Waals surface area contributed by atoms with Crippen molar-refractivity contribution >= 4 is 5.97 Å². The van der Waals surface area contributed by atoms with Crippen molar-refractivity contribution < 1.29 is 27.6 Å². The number of carboxylic acid groups (broad SMARTS) is 1. The lowest BCUT2D eigenvalue weighted by Crippen LogP contribution is -2.09. The number of carbonyl (C=O) groups is 1. The topological polar surface area (TPSA) is 76.2 Å². The number of carboxylic acids is 1.